The van der Waals surface area contributed by atoms with Gasteiger partial charge in [0, 0.05) is 18.4 Å². The van der Waals surface area contributed by atoms with Crippen LogP contribution in [0.3, 0.4) is 0 Å². The van der Waals surface area contributed by atoms with Gasteiger partial charge < -0.3 is 0 Å². The number of nitrogens with zero attached hydrogens (tertiary/aromatic N) is 1. The van der Waals surface area contributed by atoms with E-state index < -0.39 is 0 Å². The molecule has 0 heterocycles. The second-order valence-electron chi connectivity index (χ2n) is 4.40. The lowest BCUT2D eigenvalue weighted by molar-refractivity contribution is -0.403. The highest BCUT2D eigenvalue weighted by Crippen LogP contribution is 2.14. The van der Waals surface area contributed by atoms with Crippen molar-refractivity contribution < 1.29 is 4.92 Å². The van der Waals surface area contributed by atoms with E-state index in [-0.39, 0.29) is 4.92 Å². The predicted octanol–water partition coefficient (Wildman–Crippen LogP) is 3.63. The Kier molecular flexibility index (Phi) is 4.45. The SMILES string of the molecule is O=[N+]([O-])C=C(Cc1ccccc1)Cc1ccccc1. The van der Waals surface area contributed by atoms with Gasteiger partial charge in [-0.1, -0.05) is 60.7 Å². The first-order valence-corrected chi connectivity index (χ1v) is 6.15. The van der Waals surface area contributed by atoms with Crippen LogP contribution in [-0.2, 0) is 12.8 Å². The number of benzene rings is 2. The van der Waals surface area contributed by atoms with Crippen LogP contribution in [-0.4, -0.2) is 4.92 Å². The lowest BCUT2D eigenvalue weighted by atomic mass is 9.99. The first kappa shape index (κ1) is 13.0. The van der Waals surface area contributed by atoms with E-state index in [1.54, 1.807) is 0 Å². The lowest BCUT2D eigenvalue weighted by Gasteiger charge is -2.05. The average molecular weight is 253 g/mol. The number of hydrogen-bond acceptors (Lipinski definition) is 2. The lowest BCUT2D eigenvalue weighted by Crippen LogP contribution is -1.99. The highest BCUT2D eigenvalue weighted by Gasteiger charge is 2.06. The minimum Gasteiger partial charge on any atom is -0.259 e. The number of rotatable bonds is 5. The summed E-state index contributed by atoms with van der Waals surface area (Å²) in [4.78, 5) is 10.3. The third-order valence-corrected chi connectivity index (χ3v) is 2.84. The Morgan fingerprint density at radius 2 is 1.32 bits per heavy atom. The second-order valence-corrected chi connectivity index (χ2v) is 4.40. The van der Waals surface area contributed by atoms with Crippen LogP contribution in [0.2, 0.25) is 0 Å². The molecule has 2 rings (SSSR count). The van der Waals surface area contributed by atoms with Crippen molar-refractivity contribution in [2.75, 3.05) is 0 Å². The molecular formula is C16H15NO2. The summed E-state index contributed by atoms with van der Waals surface area (Å²) in [7, 11) is 0. The number of hydrogen-bond donors (Lipinski definition) is 0. The second kappa shape index (κ2) is 6.50. The minimum atomic E-state index is -0.374. The molecule has 0 aliphatic carbocycles. The van der Waals surface area contributed by atoms with Gasteiger partial charge in [-0.15, -0.1) is 0 Å². The third-order valence-electron chi connectivity index (χ3n) is 2.84. The standard InChI is InChI=1S/C16H15NO2/c18-17(19)13-16(11-14-7-3-1-4-8-14)12-15-9-5-2-6-10-15/h1-10,13H,11-12H2. The van der Waals surface area contributed by atoms with Crippen LogP contribution < -0.4 is 0 Å². The van der Waals surface area contributed by atoms with Crippen LogP contribution in [0, 0.1) is 10.1 Å². The Morgan fingerprint density at radius 1 is 0.895 bits per heavy atom. The zero-order chi connectivity index (χ0) is 13.5. The van der Waals surface area contributed by atoms with Crippen molar-refractivity contribution in [2.24, 2.45) is 0 Å². The molecule has 0 radical (unpaired) electrons. The van der Waals surface area contributed by atoms with Gasteiger partial charge in [0.15, 0.2) is 0 Å². The molecule has 0 bridgehead atoms. The summed E-state index contributed by atoms with van der Waals surface area (Å²) in [5.41, 5.74) is 2.99. The van der Waals surface area contributed by atoms with Gasteiger partial charge in [0.1, 0.15) is 0 Å². The molecule has 3 heteroatoms. The van der Waals surface area contributed by atoms with E-state index in [9.17, 15) is 10.1 Å². The number of allylic oxidation sites excluding steroid dienone is 1. The van der Waals surface area contributed by atoms with Crippen LogP contribution in [0.15, 0.2) is 72.4 Å². The van der Waals surface area contributed by atoms with Gasteiger partial charge in [-0.2, -0.15) is 0 Å². The molecule has 19 heavy (non-hydrogen) atoms. The molecular weight excluding hydrogens is 238 g/mol. The predicted molar refractivity (Wildman–Crippen MR) is 75.4 cm³/mol. The van der Waals surface area contributed by atoms with Gasteiger partial charge in [0.05, 0.1) is 4.92 Å². The van der Waals surface area contributed by atoms with E-state index in [1.807, 2.05) is 60.7 Å². The third kappa shape index (κ3) is 4.39. The molecule has 0 aliphatic rings. The van der Waals surface area contributed by atoms with Gasteiger partial charge >= 0.3 is 0 Å². The molecule has 0 fully saturated rings. The minimum absolute atomic E-state index is 0.374. The highest BCUT2D eigenvalue weighted by molar-refractivity contribution is 5.26. The van der Waals surface area contributed by atoms with Gasteiger partial charge in [-0.25, -0.2) is 0 Å². The van der Waals surface area contributed by atoms with E-state index >= 15 is 0 Å². The molecule has 0 amide bonds. The van der Waals surface area contributed by atoms with Crippen LogP contribution in [0.1, 0.15) is 11.1 Å². The largest absolute Gasteiger partial charge is 0.259 e. The Balaban J connectivity index is 2.16. The Bertz CT molecular complexity index is 518. The molecule has 0 saturated carbocycles. The van der Waals surface area contributed by atoms with Crippen LogP contribution in [0.5, 0.6) is 0 Å². The van der Waals surface area contributed by atoms with E-state index in [1.165, 1.54) is 0 Å². The highest BCUT2D eigenvalue weighted by atomic mass is 16.6. The summed E-state index contributed by atoms with van der Waals surface area (Å²) in [5, 5.41) is 10.7. The molecule has 2 aromatic rings. The molecule has 0 N–H and O–H groups in total. The summed E-state index contributed by atoms with van der Waals surface area (Å²) in [6.07, 6.45) is 2.34. The monoisotopic (exact) mass is 253 g/mol. The summed E-state index contributed by atoms with van der Waals surface area (Å²) in [5.74, 6) is 0. The van der Waals surface area contributed by atoms with Crippen molar-refractivity contribution in [2.45, 2.75) is 12.8 Å². The molecule has 0 saturated heterocycles. The quantitative estimate of drug-likeness (QED) is 0.603. The van der Waals surface area contributed by atoms with Crippen LogP contribution in [0.4, 0.5) is 0 Å². The maximum Gasteiger partial charge on any atom is 0.234 e. The molecule has 0 unspecified atom stereocenters. The molecule has 0 aliphatic heterocycles. The topological polar surface area (TPSA) is 43.1 Å². The summed E-state index contributed by atoms with van der Waals surface area (Å²) in [6, 6.07) is 19.6. The first-order valence-electron chi connectivity index (χ1n) is 6.15. The van der Waals surface area contributed by atoms with Gasteiger partial charge in [0.25, 0.3) is 0 Å². The maximum absolute atomic E-state index is 10.7. The van der Waals surface area contributed by atoms with Crippen LogP contribution >= 0.6 is 0 Å². The van der Waals surface area contributed by atoms with Crippen molar-refractivity contribution in [3.8, 4) is 0 Å². The summed E-state index contributed by atoms with van der Waals surface area (Å²) in [6.45, 7) is 0. The summed E-state index contributed by atoms with van der Waals surface area (Å²) < 4.78 is 0. The molecule has 0 aromatic heterocycles. The maximum atomic E-state index is 10.7. The molecule has 0 spiro atoms. The normalized spacial score (nSPS) is 9.89. The fourth-order valence-corrected chi connectivity index (χ4v) is 2.02. The summed E-state index contributed by atoms with van der Waals surface area (Å²) >= 11 is 0. The molecule has 3 nitrogen and oxygen atoms in total. The van der Waals surface area contributed by atoms with Gasteiger partial charge in [-0.3, -0.25) is 10.1 Å². The Labute approximate surface area is 112 Å². The van der Waals surface area contributed by atoms with E-state index in [0.29, 0.717) is 12.8 Å². The van der Waals surface area contributed by atoms with E-state index in [4.69, 9.17) is 0 Å². The van der Waals surface area contributed by atoms with Gasteiger partial charge in [0.2, 0.25) is 6.20 Å². The first-order chi connectivity index (χ1) is 9.24. The smallest absolute Gasteiger partial charge is 0.234 e. The molecule has 2 aromatic carbocycles. The molecule has 0 atom stereocenters. The van der Waals surface area contributed by atoms with Gasteiger partial charge in [-0.05, 0) is 11.1 Å². The average Bonchev–Trinajstić information content (AvgIpc) is 2.40. The van der Waals surface area contributed by atoms with Crippen LogP contribution in [0.25, 0.3) is 0 Å². The zero-order valence-electron chi connectivity index (χ0n) is 10.5. The van der Waals surface area contributed by atoms with Crippen molar-refractivity contribution >= 4 is 0 Å². The van der Waals surface area contributed by atoms with Crippen molar-refractivity contribution in [3.63, 3.8) is 0 Å². The van der Waals surface area contributed by atoms with Crippen molar-refractivity contribution in [3.05, 3.63) is 93.7 Å². The van der Waals surface area contributed by atoms with Crippen molar-refractivity contribution in [1.82, 2.24) is 0 Å². The zero-order valence-corrected chi connectivity index (χ0v) is 10.5. The molecule has 96 valence electrons. The van der Waals surface area contributed by atoms with E-state index in [0.717, 1.165) is 22.9 Å². The van der Waals surface area contributed by atoms with E-state index in [2.05, 4.69) is 0 Å². The van der Waals surface area contributed by atoms with Crippen molar-refractivity contribution in [1.29, 1.82) is 0 Å². The fraction of sp³-hybridized carbons (Fsp3) is 0.125. The Hall–Kier alpha value is -2.42. The Morgan fingerprint density at radius 3 is 1.68 bits per heavy atom. The number of nitro groups is 1. The fourth-order valence-electron chi connectivity index (χ4n) is 2.02.